The number of ketones is 1. The van der Waals surface area contributed by atoms with E-state index < -0.39 is 0 Å². The molecule has 0 saturated carbocycles. The smallest absolute Gasteiger partial charge is 0.193 e. The predicted molar refractivity (Wildman–Crippen MR) is 68.9 cm³/mol. The molecule has 0 unspecified atom stereocenters. The highest BCUT2D eigenvalue weighted by Crippen LogP contribution is 2.14. The number of nitrogens with two attached hydrogens (primary N) is 1. The molecule has 0 radical (unpaired) electrons. The van der Waals surface area contributed by atoms with E-state index in [1.165, 1.54) is 0 Å². The second-order valence-corrected chi connectivity index (χ2v) is 4.11. The van der Waals surface area contributed by atoms with Crippen molar-refractivity contribution in [2.75, 3.05) is 0 Å². The summed E-state index contributed by atoms with van der Waals surface area (Å²) in [6.45, 7) is 1.92. The zero-order valence-electron chi connectivity index (χ0n) is 9.76. The second-order valence-electron chi connectivity index (χ2n) is 4.11. The van der Waals surface area contributed by atoms with Crippen LogP contribution in [-0.4, -0.2) is 5.78 Å². The maximum atomic E-state index is 12.1. The van der Waals surface area contributed by atoms with Crippen molar-refractivity contribution < 1.29 is 4.79 Å². The maximum Gasteiger partial charge on any atom is 0.193 e. The van der Waals surface area contributed by atoms with Crippen molar-refractivity contribution in [3.8, 4) is 0 Å². The summed E-state index contributed by atoms with van der Waals surface area (Å²) in [6.07, 6.45) is 0. The quantitative estimate of drug-likeness (QED) is 0.816. The third kappa shape index (κ3) is 2.60. The van der Waals surface area contributed by atoms with Crippen LogP contribution in [-0.2, 0) is 0 Å². The van der Waals surface area contributed by atoms with Crippen LogP contribution in [0.25, 0.3) is 0 Å². The van der Waals surface area contributed by atoms with Crippen LogP contribution in [0.1, 0.15) is 34.5 Å². The lowest BCUT2D eigenvalue weighted by molar-refractivity contribution is 0.103. The van der Waals surface area contributed by atoms with E-state index in [0.717, 1.165) is 5.56 Å². The second kappa shape index (κ2) is 4.93. The average molecular weight is 225 g/mol. The molecule has 2 nitrogen and oxygen atoms in total. The van der Waals surface area contributed by atoms with Gasteiger partial charge in [-0.1, -0.05) is 54.6 Å². The lowest BCUT2D eigenvalue weighted by atomic mass is 10.0. The molecule has 0 aliphatic carbocycles. The van der Waals surface area contributed by atoms with Gasteiger partial charge in [0.25, 0.3) is 0 Å². The molecule has 1 atom stereocenters. The van der Waals surface area contributed by atoms with Crippen LogP contribution < -0.4 is 5.73 Å². The summed E-state index contributed by atoms with van der Waals surface area (Å²) in [5, 5.41) is 0. The van der Waals surface area contributed by atoms with Crippen molar-refractivity contribution in [2.24, 2.45) is 5.73 Å². The Morgan fingerprint density at radius 1 is 0.941 bits per heavy atom. The van der Waals surface area contributed by atoms with E-state index in [0.29, 0.717) is 11.1 Å². The summed E-state index contributed by atoms with van der Waals surface area (Å²) in [5.74, 6) is 0.0434. The first kappa shape index (κ1) is 11.6. The Morgan fingerprint density at radius 3 is 2.00 bits per heavy atom. The maximum absolute atomic E-state index is 12.1. The molecule has 0 saturated heterocycles. The van der Waals surface area contributed by atoms with Crippen molar-refractivity contribution >= 4 is 5.78 Å². The SMILES string of the molecule is C[C@H](N)c1ccc(C(=O)c2ccccc2)cc1. The average Bonchev–Trinajstić information content (AvgIpc) is 2.39. The molecular weight excluding hydrogens is 210 g/mol. The van der Waals surface area contributed by atoms with Gasteiger partial charge in [-0.25, -0.2) is 0 Å². The number of rotatable bonds is 3. The normalized spacial score (nSPS) is 12.1. The van der Waals surface area contributed by atoms with Gasteiger partial charge in [0.15, 0.2) is 5.78 Å². The van der Waals surface area contributed by atoms with Crippen molar-refractivity contribution in [2.45, 2.75) is 13.0 Å². The highest BCUT2D eigenvalue weighted by molar-refractivity contribution is 6.08. The van der Waals surface area contributed by atoms with Gasteiger partial charge >= 0.3 is 0 Å². The molecule has 0 aromatic heterocycles. The first-order chi connectivity index (χ1) is 8.18. The molecule has 2 aromatic rings. The summed E-state index contributed by atoms with van der Waals surface area (Å²) in [5.41, 5.74) is 8.21. The van der Waals surface area contributed by atoms with E-state index in [4.69, 9.17) is 5.73 Å². The lowest BCUT2D eigenvalue weighted by Crippen LogP contribution is -2.06. The summed E-state index contributed by atoms with van der Waals surface area (Å²) < 4.78 is 0. The van der Waals surface area contributed by atoms with Crippen LogP contribution in [0.2, 0.25) is 0 Å². The Morgan fingerprint density at radius 2 is 1.47 bits per heavy atom. The van der Waals surface area contributed by atoms with Crippen molar-refractivity contribution in [3.05, 3.63) is 71.3 Å². The van der Waals surface area contributed by atoms with E-state index >= 15 is 0 Å². The summed E-state index contributed by atoms with van der Waals surface area (Å²) in [4.78, 5) is 12.1. The molecule has 2 aromatic carbocycles. The lowest BCUT2D eigenvalue weighted by Gasteiger charge is -2.06. The molecule has 0 amide bonds. The fourth-order valence-corrected chi connectivity index (χ4v) is 1.69. The Bertz CT molecular complexity index is 500. The van der Waals surface area contributed by atoms with Gasteiger partial charge in [0.2, 0.25) is 0 Å². The summed E-state index contributed by atoms with van der Waals surface area (Å²) in [6, 6.07) is 16.7. The largest absolute Gasteiger partial charge is 0.324 e. The molecule has 0 heterocycles. The van der Waals surface area contributed by atoms with Crippen LogP contribution in [0.3, 0.4) is 0 Å². The number of hydrogen-bond donors (Lipinski definition) is 1. The number of benzene rings is 2. The molecule has 2 rings (SSSR count). The van der Waals surface area contributed by atoms with Crippen molar-refractivity contribution in [1.82, 2.24) is 0 Å². The van der Waals surface area contributed by atoms with E-state index in [1.807, 2.05) is 61.5 Å². The van der Waals surface area contributed by atoms with Crippen LogP contribution >= 0.6 is 0 Å². The van der Waals surface area contributed by atoms with Crippen molar-refractivity contribution in [1.29, 1.82) is 0 Å². The first-order valence-corrected chi connectivity index (χ1v) is 5.64. The van der Waals surface area contributed by atoms with Gasteiger partial charge in [0.05, 0.1) is 0 Å². The van der Waals surface area contributed by atoms with Crippen LogP contribution in [0.15, 0.2) is 54.6 Å². The zero-order valence-corrected chi connectivity index (χ0v) is 9.76. The van der Waals surface area contributed by atoms with Gasteiger partial charge in [-0.15, -0.1) is 0 Å². The molecule has 86 valence electrons. The monoisotopic (exact) mass is 225 g/mol. The molecular formula is C15H15NO. The van der Waals surface area contributed by atoms with Crippen LogP contribution in [0, 0.1) is 0 Å². The third-order valence-corrected chi connectivity index (χ3v) is 2.73. The van der Waals surface area contributed by atoms with Crippen LogP contribution in [0.5, 0.6) is 0 Å². The van der Waals surface area contributed by atoms with Gasteiger partial charge in [-0.05, 0) is 12.5 Å². The molecule has 2 heteroatoms. The number of carbonyl (C=O) groups excluding carboxylic acids is 1. The topological polar surface area (TPSA) is 43.1 Å². The highest BCUT2D eigenvalue weighted by atomic mass is 16.1. The Hall–Kier alpha value is -1.93. The minimum Gasteiger partial charge on any atom is -0.324 e. The Labute approximate surface area is 101 Å². The fourth-order valence-electron chi connectivity index (χ4n) is 1.69. The molecule has 2 N–H and O–H groups in total. The van der Waals surface area contributed by atoms with Gasteiger partial charge in [-0.2, -0.15) is 0 Å². The van der Waals surface area contributed by atoms with E-state index in [2.05, 4.69) is 0 Å². The third-order valence-electron chi connectivity index (χ3n) is 2.73. The first-order valence-electron chi connectivity index (χ1n) is 5.64. The minimum absolute atomic E-state index is 0.00382. The minimum atomic E-state index is -0.00382. The molecule has 0 bridgehead atoms. The van der Waals surface area contributed by atoms with Gasteiger partial charge < -0.3 is 5.73 Å². The zero-order chi connectivity index (χ0) is 12.3. The van der Waals surface area contributed by atoms with E-state index in [9.17, 15) is 4.79 Å². The van der Waals surface area contributed by atoms with Gasteiger partial charge in [0, 0.05) is 17.2 Å². The molecule has 0 spiro atoms. The Kier molecular flexibility index (Phi) is 3.35. The summed E-state index contributed by atoms with van der Waals surface area (Å²) >= 11 is 0. The molecule has 0 fully saturated rings. The predicted octanol–water partition coefficient (Wildman–Crippen LogP) is 2.94. The standard InChI is InChI=1S/C15H15NO/c1-11(16)12-7-9-14(10-8-12)15(17)13-5-3-2-4-6-13/h2-11H,16H2,1H3/t11-/m0/s1. The van der Waals surface area contributed by atoms with Crippen molar-refractivity contribution in [3.63, 3.8) is 0 Å². The van der Waals surface area contributed by atoms with Gasteiger partial charge in [0.1, 0.15) is 0 Å². The highest BCUT2D eigenvalue weighted by Gasteiger charge is 2.08. The molecule has 0 aliphatic heterocycles. The molecule has 17 heavy (non-hydrogen) atoms. The van der Waals surface area contributed by atoms with Crippen LogP contribution in [0.4, 0.5) is 0 Å². The summed E-state index contributed by atoms with van der Waals surface area (Å²) in [7, 11) is 0. The number of hydrogen-bond acceptors (Lipinski definition) is 2. The fraction of sp³-hybridized carbons (Fsp3) is 0.133. The Balaban J connectivity index is 2.27. The molecule has 0 aliphatic rings. The van der Waals surface area contributed by atoms with E-state index in [-0.39, 0.29) is 11.8 Å². The number of carbonyl (C=O) groups is 1. The van der Waals surface area contributed by atoms with E-state index in [1.54, 1.807) is 0 Å². The van der Waals surface area contributed by atoms with Gasteiger partial charge in [-0.3, -0.25) is 4.79 Å².